The van der Waals surface area contributed by atoms with Crippen LogP contribution in [-0.4, -0.2) is 17.6 Å². The van der Waals surface area contributed by atoms with Crippen LogP contribution in [0.25, 0.3) is 11.6 Å². The summed E-state index contributed by atoms with van der Waals surface area (Å²) in [4.78, 5) is 14.5. The van der Waals surface area contributed by atoms with Gasteiger partial charge in [-0.1, -0.05) is 43.3 Å². The Kier molecular flexibility index (Phi) is 3.48. The van der Waals surface area contributed by atoms with E-state index in [0.717, 1.165) is 17.7 Å². The van der Waals surface area contributed by atoms with Crippen LogP contribution in [0, 0.1) is 0 Å². The minimum absolute atomic E-state index is 0.00121. The lowest BCUT2D eigenvalue weighted by molar-refractivity contribution is -0.113. The highest BCUT2D eigenvalue weighted by Crippen LogP contribution is 2.38. The lowest BCUT2D eigenvalue weighted by Crippen LogP contribution is -2.26. The number of hydrogen-bond donors (Lipinski definition) is 1. The first-order chi connectivity index (χ1) is 10.2. The van der Waals surface area contributed by atoms with E-state index in [1.165, 1.54) is 0 Å². The molecule has 0 aromatic heterocycles. The fourth-order valence-corrected chi connectivity index (χ4v) is 2.66. The van der Waals surface area contributed by atoms with E-state index in [-0.39, 0.29) is 11.7 Å². The Morgan fingerprint density at radius 3 is 2.57 bits per heavy atom. The van der Waals surface area contributed by atoms with Crippen LogP contribution in [0.1, 0.15) is 24.5 Å². The van der Waals surface area contributed by atoms with Crippen molar-refractivity contribution in [3.05, 3.63) is 59.7 Å². The SMILES string of the molecule is CCCN1C(=O)/C(=C\c2ccccc2O)c2ccccc21. The van der Waals surface area contributed by atoms with Crippen molar-refractivity contribution in [2.75, 3.05) is 11.4 Å². The lowest BCUT2D eigenvalue weighted by Gasteiger charge is -2.15. The number of anilines is 1. The smallest absolute Gasteiger partial charge is 0.258 e. The summed E-state index contributed by atoms with van der Waals surface area (Å²) < 4.78 is 0. The second-order valence-electron chi connectivity index (χ2n) is 5.09. The summed E-state index contributed by atoms with van der Waals surface area (Å²) >= 11 is 0. The first-order valence-electron chi connectivity index (χ1n) is 7.13. The van der Waals surface area contributed by atoms with Gasteiger partial charge in [-0.05, 0) is 24.6 Å². The van der Waals surface area contributed by atoms with Crippen LogP contribution in [0.15, 0.2) is 48.5 Å². The predicted octanol–water partition coefficient (Wildman–Crippen LogP) is 3.69. The van der Waals surface area contributed by atoms with Gasteiger partial charge in [0.15, 0.2) is 0 Å². The van der Waals surface area contributed by atoms with Gasteiger partial charge in [-0.2, -0.15) is 0 Å². The maximum Gasteiger partial charge on any atom is 0.258 e. The van der Waals surface area contributed by atoms with E-state index < -0.39 is 0 Å². The molecule has 0 unspecified atom stereocenters. The van der Waals surface area contributed by atoms with E-state index in [9.17, 15) is 9.90 Å². The van der Waals surface area contributed by atoms with Crippen LogP contribution in [0.3, 0.4) is 0 Å². The standard InChI is InChI=1S/C18H17NO2/c1-2-11-19-16-9-5-4-8-14(16)15(18(19)21)12-13-7-3-6-10-17(13)20/h3-10,12,20H,2,11H2,1H3/b15-12-. The molecule has 21 heavy (non-hydrogen) atoms. The van der Waals surface area contributed by atoms with Crippen molar-refractivity contribution >= 4 is 23.2 Å². The molecule has 0 spiro atoms. The van der Waals surface area contributed by atoms with Crippen molar-refractivity contribution in [3.8, 4) is 5.75 Å². The van der Waals surface area contributed by atoms with Gasteiger partial charge in [0, 0.05) is 23.2 Å². The highest BCUT2D eigenvalue weighted by molar-refractivity contribution is 6.35. The summed E-state index contributed by atoms with van der Waals surface area (Å²) in [5.74, 6) is 0.186. The summed E-state index contributed by atoms with van der Waals surface area (Å²) in [6.45, 7) is 2.76. The largest absolute Gasteiger partial charge is 0.507 e. The van der Waals surface area contributed by atoms with Crippen molar-refractivity contribution in [1.29, 1.82) is 0 Å². The second kappa shape index (κ2) is 5.44. The Labute approximate surface area is 124 Å². The fraction of sp³-hybridized carbons (Fsp3) is 0.167. The zero-order chi connectivity index (χ0) is 14.8. The molecule has 0 aliphatic carbocycles. The van der Waals surface area contributed by atoms with Gasteiger partial charge in [-0.15, -0.1) is 0 Å². The Morgan fingerprint density at radius 1 is 1.10 bits per heavy atom. The molecular formula is C18H17NO2. The molecule has 1 N–H and O–H groups in total. The van der Waals surface area contributed by atoms with Gasteiger partial charge in [0.05, 0.1) is 5.69 Å². The predicted molar refractivity (Wildman–Crippen MR) is 85.1 cm³/mol. The monoisotopic (exact) mass is 279 g/mol. The van der Waals surface area contributed by atoms with Crippen molar-refractivity contribution in [2.24, 2.45) is 0 Å². The summed E-state index contributed by atoms with van der Waals surface area (Å²) in [6.07, 6.45) is 2.68. The van der Waals surface area contributed by atoms with Crippen LogP contribution in [0.2, 0.25) is 0 Å². The topological polar surface area (TPSA) is 40.5 Å². The number of phenolic OH excluding ortho intramolecular Hbond substituents is 1. The molecule has 0 radical (unpaired) electrons. The number of para-hydroxylation sites is 2. The molecule has 3 nitrogen and oxygen atoms in total. The van der Waals surface area contributed by atoms with Crippen molar-refractivity contribution in [1.82, 2.24) is 0 Å². The maximum absolute atomic E-state index is 12.6. The summed E-state index contributed by atoms with van der Waals surface area (Å²) in [5.41, 5.74) is 3.18. The molecule has 1 heterocycles. The molecule has 0 bridgehead atoms. The molecule has 0 saturated heterocycles. The van der Waals surface area contributed by atoms with Crippen LogP contribution >= 0.6 is 0 Å². The van der Waals surface area contributed by atoms with Crippen LogP contribution in [0.4, 0.5) is 5.69 Å². The number of aromatic hydroxyl groups is 1. The number of benzene rings is 2. The van der Waals surface area contributed by atoms with Gasteiger partial charge in [-0.3, -0.25) is 4.79 Å². The second-order valence-corrected chi connectivity index (χ2v) is 5.09. The number of amides is 1. The number of phenols is 1. The number of rotatable bonds is 3. The van der Waals surface area contributed by atoms with Crippen LogP contribution in [0.5, 0.6) is 5.75 Å². The average molecular weight is 279 g/mol. The molecular weight excluding hydrogens is 262 g/mol. The zero-order valence-electron chi connectivity index (χ0n) is 11.9. The number of carbonyl (C=O) groups excluding carboxylic acids is 1. The number of carbonyl (C=O) groups is 1. The van der Waals surface area contributed by atoms with Gasteiger partial charge in [0.1, 0.15) is 5.75 Å². The molecule has 106 valence electrons. The third kappa shape index (κ3) is 2.31. The lowest BCUT2D eigenvalue weighted by atomic mass is 10.0. The number of fused-ring (bicyclic) bond motifs is 1. The number of nitrogens with zero attached hydrogens (tertiary/aromatic N) is 1. The van der Waals surface area contributed by atoms with E-state index in [0.29, 0.717) is 17.7 Å². The summed E-state index contributed by atoms with van der Waals surface area (Å²) in [7, 11) is 0. The molecule has 0 fully saturated rings. The highest BCUT2D eigenvalue weighted by atomic mass is 16.3. The molecule has 2 aromatic rings. The normalized spacial score (nSPS) is 15.6. The fourth-order valence-electron chi connectivity index (χ4n) is 2.66. The van der Waals surface area contributed by atoms with E-state index in [4.69, 9.17) is 0 Å². The third-order valence-electron chi connectivity index (χ3n) is 3.64. The van der Waals surface area contributed by atoms with Crippen molar-refractivity contribution in [2.45, 2.75) is 13.3 Å². The maximum atomic E-state index is 12.6. The summed E-state index contributed by atoms with van der Waals surface area (Å²) in [6, 6.07) is 14.8. The molecule has 1 aliphatic heterocycles. The Morgan fingerprint density at radius 2 is 1.81 bits per heavy atom. The van der Waals surface area contributed by atoms with Crippen LogP contribution in [-0.2, 0) is 4.79 Å². The van der Waals surface area contributed by atoms with Gasteiger partial charge < -0.3 is 10.0 Å². The third-order valence-corrected chi connectivity index (χ3v) is 3.64. The van der Waals surface area contributed by atoms with E-state index in [1.807, 2.05) is 30.3 Å². The van der Waals surface area contributed by atoms with Crippen molar-refractivity contribution < 1.29 is 9.90 Å². The Hall–Kier alpha value is -2.55. The van der Waals surface area contributed by atoms with E-state index >= 15 is 0 Å². The summed E-state index contributed by atoms with van der Waals surface area (Å²) in [5, 5.41) is 9.90. The van der Waals surface area contributed by atoms with E-state index in [1.54, 1.807) is 29.2 Å². The Bertz CT molecular complexity index is 719. The van der Waals surface area contributed by atoms with Gasteiger partial charge >= 0.3 is 0 Å². The van der Waals surface area contributed by atoms with Gasteiger partial charge in [0.25, 0.3) is 5.91 Å². The Balaban J connectivity index is 2.11. The molecule has 1 aliphatic rings. The molecule has 2 aromatic carbocycles. The first kappa shape index (κ1) is 13.4. The molecule has 0 saturated carbocycles. The highest BCUT2D eigenvalue weighted by Gasteiger charge is 2.31. The zero-order valence-corrected chi connectivity index (χ0v) is 11.9. The molecule has 3 rings (SSSR count). The number of hydrogen-bond acceptors (Lipinski definition) is 2. The van der Waals surface area contributed by atoms with Crippen LogP contribution < -0.4 is 4.90 Å². The first-order valence-corrected chi connectivity index (χ1v) is 7.13. The minimum atomic E-state index is 0.00121. The average Bonchev–Trinajstić information content (AvgIpc) is 2.76. The molecule has 0 atom stereocenters. The quantitative estimate of drug-likeness (QED) is 0.870. The molecule has 3 heteroatoms. The molecule has 1 amide bonds. The van der Waals surface area contributed by atoms with Crippen molar-refractivity contribution in [3.63, 3.8) is 0 Å². The van der Waals surface area contributed by atoms with Gasteiger partial charge in [0.2, 0.25) is 0 Å². The van der Waals surface area contributed by atoms with E-state index in [2.05, 4.69) is 6.92 Å². The minimum Gasteiger partial charge on any atom is -0.507 e. The van der Waals surface area contributed by atoms with Gasteiger partial charge in [-0.25, -0.2) is 0 Å².